The molecule has 0 radical (unpaired) electrons. The molecule has 16 aromatic carbocycles. The first kappa shape index (κ1) is 105. The monoisotopic (exact) mass is 1930 g/mol. The van der Waals surface area contributed by atoms with Crippen molar-refractivity contribution < 1.29 is 71.5 Å². The molecule has 2 N–H and O–H groups in total. The van der Waals surface area contributed by atoms with Crippen LogP contribution >= 0.6 is 23.2 Å². The molecule has 0 heterocycles. The van der Waals surface area contributed by atoms with E-state index in [0.29, 0.717) is 58.9 Å². The molecule has 0 bridgehead atoms. The highest BCUT2D eigenvalue weighted by Crippen LogP contribution is 2.46. The topological polar surface area (TPSA) is 225 Å². The third-order valence-corrected chi connectivity index (χ3v) is 24.2. The van der Waals surface area contributed by atoms with E-state index < -0.39 is 11.9 Å². The Balaban J connectivity index is 0.000000146. The summed E-state index contributed by atoms with van der Waals surface area (Å²) in [6.45, 7) is 32.8. The van der Waals surface area contributed by atoms with Gasteiger partial charge in [0.25, 0.3) is 0 Å². The van der Waals surface area contributed by atoms with E-state index >= 15 is 0 Å². The number of fused-ring (bicyclic) bond motifs is 10. The van der Waals surface area contributed by atoms with Crippen molar-refractivity contribution in [1.29, 1.82) is 0 Å². The molecular formula is C124H108Cl2N2O15. The van der Waals surface area contributed by atoms with Gasteiger partial charge in [0, 0.05) is 94.3 Å². The first-order valence-electron chi connectivity index (χ1n) is 46.1. The summed E-state index contributed by atoms with van der Waals surface area (Å²) in [6.07, 6.45) is 14.8. The number of carbonyl (C=O) groups is 8. The van der Waals surface area contributed by atoms with E-state index in [1.54, 1.807) is 38.3 Å². The van der Waals surface area contributed by atoms with Gasteiger partial charge in [0.1, 0.15) is 30.8 Å². The maximum atomic E-state index is 11.4. The minimum atomic E-state index is -0.556. The summed E-state index contributed by atoms with van der Waals surface area (Å²) < 4.78 is 36.6. The van der Waals surface area contributed by atoms with Gasteiger partial charge in [0.15, 0.2) is 5.75 Å². The van der Waals surface area contributed by atoms with Gasteiger partial charge in [-0.05, 0) is 160 Å². The van der Waals surface area contributed by atoms with Crippen LogP contribution in [0, 0.1) is 0 Å². The normalized spacial score (nSPS) is 11.9. The lowest BCUT2D eigenvalue weighted by Gasteiger charge is -2.19. The van der Waals surface area contributed by atoms with E-state index in [1.807, 2.05) is 177 Å². The van der Waals surface area contributed by atoms with Crippen molar-refractivity contribution in [2.45, 2.75) is 57.1 Å². The zero-order valence-corrected chi connectivity index (χ0v) is 81.2. The molecule has 17 nitrogen and oxygen atoms in total. The summed E-state index contributed by atoms with van der Waals surface area (Å²) in [5.41, 5.74) is 16.0. The maximum Gasteiger partial charge on any atom is 0.335 e. The summed E-state index contributed by atoms with van der Waals surface area (Å²) in [5.74, 6) is -1.02. The lowest BCUT2D eigenvalue weighted by molar-refractivity contribution is -0.143. The predicted octanol–water partition coefficient (Wildman–Crippen LogP) is 27.3. The molecule has 3 aliphatic rings. The van der Waals surface area contributed by atoms with Crippen LogP contribution in [0.5, 0.6) is 17.2 Å². The van der Waals surface area contributed by atoms with Gasteiger partial charge in [-0.1, -0.05) is 397 Å². The van der Waals surface area contributed by atoms with Crippen molar-refractivity contribution in [2.75, 3.05) is 33.5 Å². The molecule has 0 aliphatic heterocycles. The van der Waals surface area contributed by atoms with Crippen molar-refractivity contribution in [2.24, 2.45) is 0 Å². The zero-order valence-electron chi connectivity index (χ0n) is 79.7. The Bertz CT molecular complexity index is 7350. The van der Waals surface area contributed by atoms with Gasteiger partial charge < -0.3 is 43.8 Å². The highest BCUT2D eigenvalue weighted by atomic mass is 35.5. The molecule has 16 aromatic rings. The Morgan fingerprint density at radius 1 is 0.392 bits per heavy atom. The van der Waals surface area contributed by atoms with Gasteiger partial charge in [-0.15, -0.1) is 0 Å². The number of halogens is 2. The van der Waals surface area contributed by atoms with Crippen molar-refractivity contribution in [1.82, 2.24) is 10.6 Å². The van der Waals surface area contributed by atoms with E-state index in [4.69, 9.17) is 56.4 Å². The molecule has 3 aliphatic carbocycles. The third-order valence-electron chi connectivity index (χ3n) is 23.6. The number of benzene rings is 16. The van der Waals surface area contributed by atoms with E-state index in [0.717, 1.165) is 75.6 Å². The summed E-state index contributed by atoms with van der Waals surface area (Å²) in [5, 5.41) is 19.4. The van der Waals surface area contributed by atoms with Crippen LogP contribution in [-0.2, 0) is 76.6 Å². The number of amides is 2. The van der Waals surface area contributed by atoms with E-state index in [-0.39, 0.29) is 59.7 Å². The summed E-state index contributed by atoms with van der Waals surface area (Å²) >= 11 is 12.1. The Morgan fingerprint density at radius 3 is 1.35 bits per heavy atom. The molecule has 0 saturated carbocycles. The lowest BCUT2D eigenvalue weighted by Crippen LogP contribution is -2.24. The van der Waals surface area contributed by atoms with Crippen LogP contribution in [0.4, 0.5) is 0 Å². The molecule has 143 heavy (non-hydrogen) atoms. The minimum absolute atomic E-state index is 0.0217. The molecule has 0 spiro atoms. The van der Waals surface area contributed by atoms with Crippen LogP contribution in [-0.4, -0.2) is 81.1 Å². The standard InChI is InChI=1S/C19H16O2.C17H14O2.C16H16O2.2C15H15NO.C15H12O2.C14H12O3.C13H8Cl2O2/c1-2-19(20)21-13-18-16-9-5-3-7-14(16)11-12-15-8-4-6-10-17(15)18;1-2-17(18)19-11-16-14-9-5-3-7-12(14)13-8-4-6-10-15(13)16;1-12(2)16(17)18-11-10-14-8-5-7-13-6-3-4-9-15(13)14;1-3-15(17)16-11(2)13-10-6-8-12-7-4-5-9-14(12)13;1-2-15(17)16-11-10-13-8-5-7-12-6-3-4-9-14(12)13;1-2-14(16)17-13-9-11-7-3-5-10-6-4-8-12(13)15(10)11;1-3-14(15)17-13-9-8-12(16-2)10-6-4-5-7-11(10)13;1-2-12(16)17-13-9-6-4-3-5-8(9)10(14)7-11(13)15/h2-12,18H,1,13H2;2-10,16H,1,11H2;3-9H,1,10-11H2,2H3;3-11H,1H2,2H3,(H,16,17);2-9H,1,10-11H2,(H,16,17);2-8,13H,1,9H2;3-9H,1H2,2H3;2-7H,1H2. The average Bonchev–Trinajstić information content (AvgIpc) is 1.62. The highest BCUT2D eigenvalue weighted by molar-refractivity contribution is 6.40. The Labute approximate surface area is 842 Å². The summed E-state index contributed by atoms with van der Waals surface area (Å²) in [7, 11) is 1.61. The van der Waals surface area contributed by atoms with Gasteiger partial charge in [0.2, 0.25) is 11.8 Å². The molecule has 2 amide bonds. The van der Waals surface area contributed by atoms with Crippen LogP contribution in [0.25, 0.3) is 87.9 Å². The van der Waals surface area contributed by atoms with Crippen molar-refractivity contribution >= 4 is 148 Å². The number of carbonyl (C=O) groups excluding carboxylic acids is 8. The third kappa shape index (κ3) is 27.9. The highest BCUT2D eigenvalue weighted by Gasteiger charge is 2.30. The van der Waals surface area contributed by atoms with E-state index in [2.05, 4.69) is 209 Å². The van der Waals surface area contributed by atoms with Crippen LogP contribution in [0.15, 0.2) is 428 Å². The number of hydrogen-bond donors (Lipinski definition) is 2. The summed E-state index contributed by atoms with van der Waals surface area (Å²) in [4.78, 5) is 90.0. The number of hydrogen-bond acceptors (Lipinski definition) is 15. The largest absolute Gasteiger partial charge is 0.496 e. The molecule has 0 saturated heterocycles. The Kier molecular flexibility index (Phi) is 38.5. The zero-order chi connectivity index (χ0) is 102. The Hall–Kier alpha value is -17.1. The second-order valence-corrected chi connectivity index (χ2v) is 33.5. The quantitative estimate of drug-likeness (QED) is 0.0248. The van der Waals surface area contributed by atoms with Gasteiger partial charge in [-0.25, -0.2) is 28.8 Å². The first-order valence-corrected chi connectivity index (χ1v) is 46.9. The predicted molar refractivity (Wildman–Crippen MR) is 577 cm³/mol. The maximum absolute atomic E-state index is 11.4. The molecule has 2 atom stereocenters. The number of nitrogens with one attached hydrogen (secondary N) is 2. The second-order valence-electron chi connectivity index (χ2n) is 32.7. The van der Waals surface area contributed by atoms with Crippen molar-refractivity contribution in [3.63, 3.8) is 0 Å². The SMILES string of the molecule is C=C(C)C(=O)OCCc1cccc2ccccc12.C=CC(=O)NC(C)c1cccc2ccccc12.C=CC(=O)NCCc1cccc2ccccc12.C=CC(=O)OC1Cc2cccc3cccc1c23.C=CC(=O)OCC1c2ccccc2-c2ccccc21.C=CC(=O)OCC1c2ccccc2C=Cc2ccccc21.C=CC(=O)Oc1c(Cl)cc(Cl)c2ccccc12.C=CC(=O)Oc1ccc(OC)c2ccccc12. The van der Waals surface area contributed by atoms with Crippen LogP contribution in [0.2, 0.25) is 10.0 Å². The molecule has 0 fully saturated rings. The number of esters is 6. The number of rotatable bonds is 24. The van der Waals surface area contributed by atoms with Crippen LogP contribution in [0.1, 0.15) is 99.0 Å². The molecule has 19 rings (SSSR count). The molecular weight excluding hydrogens is 1830 g/mol. The number of ether oxygens (including phenoxy) is 7. The summed E-state index contributed by atoms with van der Waals surface area (Å²) in [6, 6.07) is 108. The first-order chi connectivity index (χ1) is 69.5. The fraction of sp³-hybridized carbons (Fsp3) is 0.113. The van der Waals surface area contributed by atoms with E-state index in [9.17, 15) is 38.4 Å². The Morgan fingerprint density at radius 2 is 0.811 bits per heavy atom. The van der Waals surface area contributed by atoms with Gasteiger partial charge in [-0.2, -0.15) is 0 Å². The van der Waals surface area contributed by atoms with Crippen LogP contribution in [0.3, 0.4) is 0 Å². The fourth-order valence-corrected chi connectivity index (χ4v) is 17.4. The van der Waals surface area contributed by atoms with Gasteiger partial charge in [0.05, 0.1) is 29.8 Å². The van der Waals surface area contributed by atoms with Crippen molar-refractivity contribution in [3.05, 3.63) is 500 Å². The second kappa shape index (κ2) is 52.6. The lowest BCUT2D eigenvalue weighted by atomic mass is 9.88. The smallest absolute Gasteiger partial charge is 0.335 e. The molecule has 2 unspecified atom stereocenters. The van der Waals surface area contributed by atoms with Gasteiger partial charge >= 0.3 is 35.8 Å². The van der Waals surface area contributed by atoms with Gasteiger partial charge in [-0.3, -0.25) is 9.59 Å². The van der Waals surface area contributed by atoms with E-state index in [1.165, 1.54) is 124 Å². The fourth-order valence-electron chi connectivity index (χ4n) is 16.8. The minimum Gasteiger partial charge on any atom is -0.496 e. The number of methoxy groups -OCH3 is 1. The van der Waals surface area contributed by atoms with Crippen molar-refractivity contribution in [3.8, 4) is 28.4 Å². The average molecular weight is 1940 g/mol. The molecule has 0 aromatic heterocycles. The van der Waals surface area contributed by atoms with Crippen LogP contribution < -0.4 is 24.8 Å². The molecule has 19 heteroatoms. The molecule has 718 valence electrons.